The maximum absolute atomic E-state index is 5.67. The van der Waals surface area contributed by atoms with E-state index >= 15 is 0 Å². The molecular weight excluding hydrogens is 212 g/mol. The van der Waals surface area contributed by atoms with E-state index in [1.54, 1.807) is 0 Å². The summed E-state index contributed by atoms with van der Waals surface area (Å²) in [4.78, 5) is 0. The number of unbranched alkanes of at least 4 members (excludes halogenated alkanes) is 6. The molecule has 0 saturated carbocycles. The van der Waals surface area contributed by atoms with Crippen LogP contribution in [-0.2, 0) is 4.74 Å². The van der Waals surface area contributed by atoms with Crippen LogP contribution < -0.4 is 11.3 Å². The summed E-state index contributed by atoms with van der Waals surface area (Å²) in [6.45, 7) is 3.18. The molecule has 1 fully saturated rings. The van der Waals surface area contributed by atoms with Gasteiger partial charge in [-0.05, 0) is 19.3 Å². The standard InChI is InChI=1S/C14H30N2O/c1-2-3-4-5-6-7-8-10-13(16-15)14-11-9-12-17-14/h13-14,16H,2-12,15H2,1H3. The number of hydrazine groups is 1. The molecule has 0 radical (unpaired) electrons. The number of nitrogens with two attached hydrogens (primary N) is 1. The summed E-state index contributed by atoms with van der Waals surface area (Å²) < 4.78 is 5.67. The minimum Gasteiger partial charge on any atom is -0.377 e. The molecule has 0 bridgehead atoms. The Hall–Kier alpha value is -0.120. The average Bonchev–Trinajstić information content (AvgIpc) is 2.86. The first-order valence-electron chi connectivity index (χ1n) is 7.46. The minimum atomic E-state index is 0.361. The van der Waals surface area contributed by atoms with Gasteiger partial charge in [0.25, 0.3) is 0 Å². The smallest absolute Gasteiger partial charge is 0.0742 e. The van der Waals surface area contributed by atoms with E-state index < -0.39 is 0 Å². The van der Waals surface area contributed by atoms with Crippen molar-refractivity contribution in [1.29, 1.82) is 0 Å². The zero-order valence-electron chi connectivity index (χ0n) is 11.4. The van der Waals surface area contributed by atoms with Crippen molar-refractivity contribution in [2.24, 2.45) is 5.84 Å². The van der Waals surface area contributed by atoms with Crippen molar-refractivity contribution in [2.75, 3.05) is 6.61 Å². The molecule has 3 N–H and O–H groups in total. The van der Waals surface area contributed by atoms with Crippen molar-refractivity contribution in [2.45, 2.75) is 83.3 Å². The molecule has 0 amide bonds. The Morgan fingerprint density at radius 1 is 1.18 bits per heavy atom. The summed E-state index contributed by atoms with van der Waals surface area (Å²) >= 11 is 0. The SMILES string of the molecule is CCCCCCCCCC(NN)C1CCCO1. The number of hydrogen-bond donors (Lipinski definition) is 2. The van der Waals surface area contributed by atoms with Crippen molar-refractivity contribution in [1.82, 2.24) is 5.43 Å². The predicted molar refractivity (Wildman–Crippen MR) is 72.7 cm³/mol. The first-order valence-corrected chi connectivity index (χ1v) is 7.46. The third kappa shape index (κ3) is 6.39. The van der Waals surface area contributed by atoms with Crippen LogP contribution in [0.1, 0.15) is 71.1 Å². The Labute approximate surface area is 106 Å². The second-order valence-corrected chi connectivity index (χ2v) is 5.23. The van der Waals surface area contributed by atoms with Gasteiger partial charge in [0.15, 0.2) is 0 Å². The summed E-state index contributed by atoms with van der Waals surface area (Å²) in [6, 6.07) is 0.369. The van der Waals surface area contributed by atoms with Gasteiger partial charge >= 0.3 is 0 Å². The third-order valence-electron chi connectivity index (χ3n) is 3.75. The molecule has 1 saturated heterocycles. The average molecular weight is 242 g/mol. The van der Waals surface area contributed by atoms with Crippen LogP contribution in [0, 0.1) is 0 Å². The highest BCUT2D eigenvalue weighted by Crippen LogP contribution is 2.19. The zero-order chi connectivity index (χ0) is 12.3. The maximum atomic E-state index is 5.67. The van der Waals surface area contributed by atoms with Crippen molar-refractivity contribution in [3.63, 3.8) is 0 Å². The lowest BCUT2D eigenvalue weighted by atomic mass is 10.0. The van der Waals surface area contributed by atoms with E-state index in [0.717, 1.165) is 13.0 Å². The fourth-order valence-electron chi connectivity index (χ4n) is 2.62. The molecule has 1 heterocycles. The van der Waals surface area contributed by atoms with E-state index in [1.807, 2.05) is 0 Å². The maximum Gasteiger partial charge on any atom is 0.0742 e. The summed E-state index contributed by atoms with van der Waals surface area (Å²) in [7, 11) is 0. The highest BCUT2D eigenvalue weighted by Gasteiger charge is 2.24. The third-order valence-corrected chi connectivity index (χ3v) is 3.75. The van der Waals surface area contributed by atoms with Gasteiger partial charge in [-0.3, -0.25) is 11.3 Å². The topological polar surface area (TPSA) is 47.3 Å². The van der Waals surface area contributed by atoms with Gasteiger partial charge in [0.05, 0.1) is 6.10 Å². The summed E-state index contributed by atoms with van der Waals surface area (Å²) in [5, 5.41) is 0. The number of hydrogen-bond acceptors (Lipinski definition) is 3. The predicted octanol–water partition coefficient (Wildman–Crippen LogP) is 3.14. The highest BCUT2D eigenvalue weighted by atomic mass is 16.5. The second kappa shape index (κ2) is 9.86. The Balaban J connectivity index is 1.96. The molecule has 0 aromatic heterocycles. The van der Waals surface area contributed by atoms with Crippen LogP contribution in [0.2, 0.25) is 0 Å². The Morgan fingerprint density at radius 2 is 1.88 bits per heavy atom. The molecule has 1 aliphatic rings. The van der Waals surface area contributed by atoms with Gasteiger partial charge in [0.1, 0.15) is 0 Å². The number of nitrogens with one attached hydrogen (secondary N) is 1. The Bertz CT molecular complexity index is 170. The van der Waals surface area contributed by atoms with Gasteiger partial charge in [-0.25, -0.2) is 0 Å². The van der Waals surface area contributed by atoms with E-state index in [0.29, 0.717) is 12.1 Å². The fourth-order valence-corrected chi connectivity index (χ4v) is 2.62. The second-order valence-electron chi connectivity index (χ2n) is 5.23. The van der Waals surface area contributed by atoms with Gasteiger partial charge in [-0.1, -0.05) is 51.9 Å². The van der Waals surface area contributed by atoms with E-state index in [4.69, 9.17) is 10.6 Å². The highest BCUT2D eigenvalue weighted by molar-refractivity contribution is 4.78. The molecule has 1 rings (SSSR count). The van der Waals surface area contributed by atoms with E-state index in [2.05, 4.69) is 12.3 Å². The van der Waals surface area contributed by atoms with Gasteiger partial charge in [0, 0.05) is 12.6 Å². The van der Waals surface area contributed by atoms with Crippen LogP contribution in [0.25, 0.3) is 0 Å². The molecular formula is C14H30N2O. The van der Waals surface area contributed by atoms with Gasteiger partial charge in [-0.15, -0.1) is 0 Å². The fraction of sp³-hybridized carbons (Fsp3) is 1.00. The lowest BCUT2D eigenvalue weighted by molar-refractivity contribution is 0.0747. The number of ether oxygens (including phenoxy) is 1. The van der Waals surface area contributed by atoms with Gasteiger partial charge in [0.2, 0.25) is 0 Å². The van der Waals surface area contributed by atoms with Crippen LogP contribution in [-0.4, -0.2) is 18.8 Å². The molecule has 17 heavy (non-hydrogen) atoms. The van der Waals surface area contributed by atoms with Crippen molar-refractivity contribution in [3.8, 4) is 0 Å². The summed E-state index contributed by atoms with van der Waals surface area (Å²) in [6.07, 6.45) is 13.4. The molecule has 2 unspecified atom stereocenters. The van der Waals surface area contributed by atoms with Gasteiger partial charge in [-0.2, -0.15) is 0 Å². The largest absolute Gasteiger partial charge is 0.377 e. The molecule has 0 aromatic rings. The van der Waals surface area contributed by atoms with Crippen LogP contribution >= 0.6 is 0 Å². The van der Waals surface area contributed by atoms with Crippen LogP contribution in [0.15, 0.2) is 0 Å². The summed E-state index contributed by atoms with van der Waals surface area (Å²) in [5.41, 5.74) is 2.93. The van der Waals surface area contributed by atoms with Crippen molar-refractivity contribution >= 4 is 0 Å². The molecule has 0 aromatic carbocycles. The molecule has 3 heteroatoms. The molecule has 0 spiro atoms. The molecule has 1 aliphatic heterocycles. The van der Waals surface area contributed by atoms with E-state index in [1.165, 1.54) is 57.8 Å². The number of rotatable bonds is 10. The van der Waals surface area contributed by atoms with Gasteiger partial charge < -0.3 is 4.74 Å². The normalized spacial score (nSPS) is 21.9. The van der Waals surface area contributed by atoms with Crippen LogP contribution in [0.4, 0.5) is 0 Å². The quantitative estimate of drug-likeness (QED) is 0.351. The molecule has 102 valence electrons. The monoisotopic (exact) mass is 242 g/mol. The van der Waals surface area contributed by atoms with Crippen LogP contribution in [0.3, 0.4) is 0 Å². The molecule has 3 nitrogen and oxygen atoms in total. The van der Waals surface area contributed by atoms with Crippen LogP contribution in [0.5, 0.6) is 0 Å². The van der Waals surface area contributed by atoms with Crippen molar-refractivity contribution < 1.29 is 4.74 Å². The summed E-state index contributed by atoms with van der Waals surface area (Å²) in [5.74, 6) is 5.60. The first-order chi connectivity index (χ1) is 8.38. The van der Waals surface area contributed by atoms with E-state index in [-0.39, 0.29) is 0 Å². The minimum absolute atomic E-state index is 0.361. The Kier molecular flexibility index (Phi) is 8.67. The van der Waals surface area contributed by atoms with E-state index in [9.17, 15) is 0 Å². The lowest BCUT2D eigenvalue weighted by Gasteiger charge is -2.21. The first kappa shape index (κ1) is 14.9. The molecule has 0 aliphatic carbocycles. The Morgan fingerprint density at radius 3 is 2.47 bits per heavy atom. The lowest BCUT2D eigenvalue weighted by Crippen LogP contribution is -2.43. The molecule has 2 atom stereocenters. The zero-order valence-corrected chi connectivity index (χ0v) is 11.4. The van der Waals surface area contributed by atoms with Crippen molar-refractivity contribution in [3.05, 3.63) is 0 Å².